The van der Waals surface area contributed by atoms with Crippen LogP contribution in [0.4, 0.5) is 4.79 Å². The van der Waals surface area contributed by atoms with Gasteiger partial charge in [0.25, 0.3) is 0 Å². The number of primary amides is 1. The number of hydrogen-bond donors (Lipinski definition) is 1. The van der Waals surface area contributed by atoms with Crippen LogP contribution in [0.2, 0.25) is 0 Å². The van der Waals surface area contributed by atoms with Crippen molar-refractivity contribution in [3.05, 3.63) is 0 Å². The topological polar surface area (TPSA) is 52.3 Å². The molecule has 0 rings (SSSR count). The zero-order valence-electron chi connectivity index (χ0n) is 3.60. The summed E-state index contributed by atoms with van der Waals surface area (Å²) in [6.07, 6.45) is -0.711. The Bertz CT molecular complexity index is 56.9. The summed E-state index contributed by atoms with van der Waals surface area (Å²) in [4.78, 5) is 9.60. The molecular formula is C3H9NO2Ra. The van der Waals surface area contributed by atoms with E-state index in [1.54, 1.807) is 6.92 Å². The Hall–Kier alpha value is 0.738. The van der Waals surface area contributed by atoms with Crippen molar-refractivity contribution < 1.29 is 54.5 Å². The number of ether oxygens (including phenoxy) is 1. The molecule has 0 aliphatic rings. The first-order valence-electron chi connectivity index (χ1n) is 1.69. The summed E-state index contributed by atoms with van der Waals surface area (Å²) in [5.41, 5.74) is 4.54. The van der Waals surface area contributed by atoms with Crippen LogP contribution in [0.5, 0.6) is 0 Å². The van der Waals surface area contributed by atoms with E-state index in [0.717, 1.165) is 0 Å². The molecule has 0 aromatic carbocycles. The number of carbonyl (C=O) groups excluding carboxylic acids is 1. The zero-order valence-corrected chi connectivity index (χ0v) is 3.60. The number of carbonyl (C=O) groups is 1. The molecule has 3 nitrogen and oxygen atoms in total. The maximum absolute atomic E-state index is 9.60. The van der Waals surface area contributed by atoms with E-state index in [4.69, 9.17) is 0 Å². The maximum atomic E-state index is 9.60. The molecule has 0 saturated carbocycles. The molecule has 0 atom stereocenters. The molecule has 0 unspecified atom stereocenters. The Morgan fingerprint density at radius 1 is 1.86 bits per heavy atom. The first-order chi connectivity index (χ1) is 2.77. The minimum absolute atomic E-state index is 0. The van der Waals surface area contributed by atoms with Gasteiger partial charge in [0.1, 0.15) is 0 Å². The van der Waals surface area contributed by atoms with E-state index in [1.165, 1.54) is 0 Å². The molecule has 0 spiro atoms. The number of nitrogens with two attached hydrogens (primary N) is 1. The van der Waals surface area contributed by atoms with Gasteiger partial charge in [-0.3, -0.25) is 0 Å². The molecule has 0 aromatic rings. The Morgan fingerprint density at radius 3 is 2.29 bits per heavy atom. The quantitative estimate of drug-likeness (QED) is 0.713. The second kappa shape index (κ2) is 6.74. The Balaban J connectivity index is 0. The predicted octanol–water partition coefficient (Wildman–Crippen LogP) is -0.434. The van der Waals surface area contributed by atoms with Gasteiger partial charge < -0.3 is 10.5 Å². The monoisotopic (exact) mass is 317 g/mol. The van der Waals surface area contributed by atoms with E-state index < -0.39 is 6.09 Å². The molecular weight excluding hydrogens is 308 g/mol. The van der Waals surface area contributed by atoms with Gasteiger partial charge in [-0.05, 0) is 6.92 Å². The average Bonchev–Trinajstić information content (AvgIpc) is 1.35. The van der Waals surface area contributed by atoms with Crippen molar-refractivity contribution in [1.29, 1.82) is 0 Å². The zero-order chi connectivity index (χ0) is 4.99. The van der Waals surface area contributed by atoms with Gasteiger partial charge in [-0.25, -0.2) is 4.79 Å². The van der Waals surface area contributed by atoms with Crippen molar-refractivity contribution in [1.82, 2.24) is 0 Å². The normalized spacial score (nSPS) is 6.43. The van der Waals surface area contributed by atoms with Crippen LogP contribution >= 0.6 is 0 Å². The SMILES string of the molecule is CCOC(N)=O.[RaH2]. The van der Waals surface area contributed by atoms with Crippen LogP contribution in [-0.4, -0.2) is 12.7 Å². The summed E-state index contributed by atoms with van der Waals surface area (Å²) in [6.45, 7) is 2.06. The molecule has 7 heavy (non-hydrogen) atoms. The summed E-state index contributed by atoms with van der Waals surface area (Å²) >= 11 is 0. The molecule has 0 aliphatic heterocycles. The van der Waals surface area contributed by atoms with E-state index in [9.17, 15) is 4.79 Å². The van der Waals surface area contributed by atoms with Gasteiger partial charge in [0, 0.05) is 0 Å². The van der Waals surface area contributed by atoms with Crippen LogP contribution in [0.15, 0.2) is 0 Å². The number of amides is 1. The van der Waals surface area contributed by atoms with Gasteiger partial charge in [-0.1, -0.05) is 0 Å². The first-order valence-corrected chi connectivity index (χ1v) is 1.69. The van der Waals surface area contributed by atoms with Crippen LogP contribution in [0.3, 0.4) is 0 Å². The van der Waals surface area contributed by atoms with E-state index in [1.807, 2.05) is 0 Å². The van der Waals surface area contributed by atoms with E-state index >= 15 is 0 Å². The first kappa shape index (κ1) is 10.7. The van der Waals surface area contributed by atoms with Crippen LogP contribution in [0.1, 0.15) is 6.92 Å². The van der Waals surface area contributed by atoms with Gasteiger partial charge in [0.05, 0.1) is 6.61 Å². The molecule has 0 radical (unpaired) electrons. The fraction of sp³-hybridized carbons (Fsp3) is 0.667. The summed E-state index contributed by atoms with van der Waals surface area (Å²) in [5, 5.41) is 0. The van der Waals surface area contributed by atoms with Crippen LogP contribution in [0.25, 0.3) is 0 Å². The van der Waals surface area contributed by atoms with E-state index in [-0.39, 0.29) is 45.0 Å². The standard InChI is InChI=1S/C3H7NO2.Ra.2H/c1-2-6-3(4)5;;;/h2H2,1H3,(H2,4,5);;;. The second-order valence-corrected chi connectivity index (χ2v) is 0.752. The molecule has 40 valence electrons. The average molecular weight is 317 g/mol. The van der Waals surface area contributed by atoms with Gasteiger partial charge >= 0.3 is 51.1 Å². The van der Waals surface area contributed by atoms with E-state index in [2.05, 4.69) is 10.5 Å². The Labute approximate surface area is 79.0 Å². The molecule has 2 N–H and O–H groups in total. The van der Waals surface area contributed by atoms with Gasteiger partial charge in [0.15, 0.2) is 0 Å². The predicted molar refractivity (Wildman–Crippen MR) is 24.0 cm³/mol. The molecule has 0 aliphatic carbocycles. The third-order valence-electron chi connectivity index (χ3n) is 0.287. The van der Waals surface area contributed by atoms with Crippen molar-refractivity contribution in [3.8, 4) is 0 Å². The Morgan fingerprint density at radius 2 is 2.29 bits per heavy atom. The van der Waals surface area contributed by atoms with Crippen LogP contribution in [0, 0.1) is 45.0 Å². The molecule has 4 heteroatoms. The molecule has 0 fully saturated rings. The summed E-state index contributed by atoms with van der Waals surface area (Å²) < 4.78 is 4.18. The van der Waals surface area contributed by atoms with Crippen LogP contribution < -0.4 is 5.73 Å². The van der Waals surface area contributed by atoms with E-state index in [0.29, 0.717) is 6.61 Å². The third kappa shape index (κ3) is 10.8. The molecule has 0 bridgehead atoms. The molecule has 1 amide bonds. The van der Waals surface area contributed by atoms with Gasteiger partial charge in [-0.2, -0.15) is 0 Å². The summed E-state index contributed by atoms with van der Waals surface area (Å²) in [5.74, 6) is 0. The number of hydrogen-bond acceptors (Lipinski definition) is 2. The number of rotatable bonds is 1. The van der Waals surface area contributed by atoms with Gasteiger partial charge in [-0.15, -0.1) is 0 Å². The fourth-order valence-corrected chi connectivity index (χ4v) is 0.142. The van der Waals surface area contributed by atoms with Crippen molar-refractivity contribution in [2.45, 2.75) is 6.92 Å². The molecule has 0 aromatic heterocycles. The molecule has 0 heterocycles. The van der Waals surface area contributed by atoms with Crippen molar-refractivity contribution in [2.75, 3.05) is 6.61 Å². The minimum atomic E-state index is -0.711. The van der Waals surface area contributed by atoms with Gasteiger partial charge in [0.2, 0.25) is 0 Å². The molecule has 0 saturated heterocycles. The fourth-order valence-electron chi connectivity index (χ4n) is 0.142. The third-order valence-corrected chi connectivity index (χ3v) is 0.287. The summed E-state index contributed by atoms with van der Waals surface area (Å²) in [6, 6.07) is 0. The van der Waals surface area contributed by atoms with Crippen LogP contribution in [-0.2, 0) is 4.74 Å². The Kier molecular flexibility index (Phi) is 10.3. The van der Waals surface area contributed by atoms with Crippen molar-refractivity contribution in [2.24, 2.45) is 5.73 Å². The van der Waals surface area contributed by atoms with Crippen molar-refractivity contribution in [3.63, 3.8) is 0 Å². The van der Waals surface area contributed by atoms with Crippen molar-refractivity contribution >= 4 is 6.09 Å². The summed E-state index contributed by atoms with van der Waals surface area (Å²) in [7, 11) is 0. The second-order valence-electron chi connectivity index (χ2n) is 0.752.